The molecule has 0 saturated carbocycles. The van der Waals surface area contributed by atoms with Crippen LogP contribution < -0.4 is 10.6 Å². The molecular weight excluding hydrogens is 338 g/mol. The van der Waals surface area contributed by atoms with Crippen molar-refractivity contribution in [3.8, 4) is 0 Å². The van der Waals surface area contributed by atoms with Crippen molar-refractivity contribution in [2.45, 2.75) is 17.9 Å². The molecule has 2 aromatic rings. The summed E-state index contributed by atoms with van der Waals surface area (Å²) in [7, 11) is -0.577. The summed E-state index contributed by atoms with van der Waals surface area (Å²) in [6.45, 7) is 2.29. The first kappa shape index (κ1) is 19.1. The van der Waals surface area contributed by atoms with Gasteiger partial charge in [-0.15, -0.1) is 0 Å². The van der Waals surface area contributed by atoms with Gasteiger partial charge in [0, 0.05) is 25.3 Å². The molecule has 2 aromatic carbocycles. The third-order valence-corrected chi connectivity index (χ3v) is 5.69. The van der Waals surface area contributed by atoms with Crippen LogP contribution in [0.2, 0.25) is 0 Å². The number of carbonyl (C=O) groups excluding carboxylic acids is 1. The maximum absolute atomic E-state index is 12.1. The highest BCUT2D eigenvalue weighted by molar-refractivity contribution is 7.89. The molecule has 3 N–H and O–H groups in total. The molecule has 0 unspecified atom stereocenters. The summed E-state index contributed by atoms with van der Waals surface area (Å²) in [5.74, 6) is -0.179. The minimum atomic E-state index is -3.52. The topological polar surface area (TPSA) is 83.1 Å². The molecule has 134 valence electrons. The van der Waals surface area contributed by atoms with Crippen LogP contribution in [0.25, 0.3) is 0 Å². The second-order valence-electron chi connectivity index (χ2n) is 6.00. The molecule has 6 nitrogen and oxygen atoms in total. The van der Waals surface area contributed by atoms with Crippen LogP contribution in [0.3, 0.4) is 0 Å². The van der Waals surface area contributed by atoms with Crippen LogP contribution in [-0.4, -0.2) is 39.3 Å². The first-order valence-corrected chi connectivity index (χ1v) is 9.45. The number of nitrogens with two attached hydrogens (primary N) is 1. The van der Waals surface area contributed by atoms with Gasteiger partial charge < -0.3 is 10.6 Å². The Kier molecular flexibility index (Phi) is 6.30. The standard InChI is InChI=1S/C18H23N3O3S/c1-14(15-8-5-4-6-9-15)19-13-18(22)20-16-10-7-11-17(12-16)25(23,24)21(2)3/h4-12,14,19H,13H2,1-3H3,(H,20,22)/p+1/t14-/m0/s1. The molecule has 1 atom stereocenters. The molecule has 0 aliphatic heterocycles. The van der Waals surface area contributed by atoms with Crippen LogP contribution in [0, 0.1) is 0 Å². The van der Waals surface area contributed by atoms with Gasteiger partial charge >= 0.3 is 0 Å². The lowest BCUT2D eigenvalue weighted by Crippen LogP contribution is -2.86. The fraction of sp³-hybridized carbons (Fsp3) is 0.278. The number of benzene rings is 2. The van der Waals surface area contributed by atoms with E-state index >= 15 is 0 Å². The zero-order valence-electron chi connectivity index (χ0n) is 14.6. The first-order chi connectivity index (χ1) is 11.8. The van der Waals surface area contributed by atoms with Crippen LogP contribution in [0.4, 0.5) is 5.69 Å². The molecule has 0 radical (unpaired) electrons. The highest BCUT2D eigenvalue weighted by atomic mass is 32.2. The molecule has 0 fully saturated rings. The largest absolute Gasteiger partial charge is 0.333 e. The van der Waals surface area contributed by atoms with E-state index in [2.05, 4.69) is 5.32 Å². The van der Waals surface area contributed by atoms with Gasteiger partial charge in [-0.2, -0.15) is 0 Å². The molecule has 2 rings (SSSR count). The average molecular weight is 362 g/mol. The van der Waals surface area contributed by atoms with Gasteiger partial charge in [0.1, 0.15) is 6.04 Å². The van der Waals surface area contributed by atoms with E-state index in [4.69, 9.17) is 0 Å². The van der Waals surface area contributed by atoms with Gasteiger partial charge in [-0.1, -0.05) is 36.4 Å². The number of sulfonamides is 1. The highest BCUT2D eigenvalue weighted by Gasteiger charge is 2.18. The van der Waals surface area contributed by atoms with Crippen LogP contribution in [0.1, 0.15) is 18.5 Å². The maximum Gasteiger partial charge on any atom is 0.279 e. The Morgan fingerprint density at radius 1 is 1.12 bits per heavy atom. The third kappa shape index (κ3) is 5.12. The molecule has 1 amide bonds. The van der Waals surface area contributed by atoms with Crippen molar-refractivity contribution in [2.24, 2.45) is 0 Å². The Morgan fingerprint density at radius 3 is 2.44 bits per heavy atom. The van der Waals surface area contributed by atoms with E-state index in [1.165, 1.54) is 26.2 Å². The Bertz CT molecular complexity index is 820. The van der Waals surface area contributed by atoms with Gasteiger partial charge in [0.2, 0.25) is 10.0 Å². The summed E-state index contributed by atoms with van der Waals surface area (Å²) < 4.78 is 25.4. The Labute approximate surface area is 148 Å². The number of rotatable bonds is 7. The molecule has 0 heterocycles. The van der Waals surface area contributed by atoms with Crippen LogP contribution in [0.15, 0.2) is 59.5 Å². The van der Waals surface area contributed by atoms with Crippen LogP contribution >= 0.6 is 0 Å². The number of carbonyl (C=O) groups is 1. The van der Waals surface area contributed by atoms with Gasteiger partial charge in [0.25, 0.3) is 5.91 Å². The van der Waals surface area contributed by atoms with E-state index in [0.29, 0.717) is 5.69 Å². The van der Waals surface area contributed by atoms with Gasteiger partial charge in [0.05, 0.1) is 4.90 Å². The third-order valence-electron chi connectivity index (χ3n) is 3.88. The summed E-state index contributed by atoms with van der Waals surface area (Å²) in [6.07, 6.45) is 0. The number of nitrogens with one attached hydrogen (secondary N) is 1. The second-order valence-corrected chi connectivity index (χ2v) is 8.15. The fourth-order valence-electron chi connectivity index (χ4n) is 2.33. The quantitative estimate of drug-likeness (QED) is 0.776. The maximum atomic E-state index is 12.1. The van der Waals surface area contributed by atoms with E-state index in [9.17, 15) is 13.2 Å². The molecule has 0 aliphatic rings. The molecule has 7 heteroatoms. The number of anilines is 1. The number of quaternary nitrogens is 1. The van der Waals surface area contributed by atoms with Crippen LogP contribution in [-0.2, 0) is 14.8 Å². The molecule has 0 aromatic heterocycles. The summed E-state index contributed by atoms with van der Waals surface area (Å²) in [4.78, 5) is 12.3. The Hall–Kier alpha value is -2.22. The first-order valence-electron chi connectivity index (χ1n) is 8.01. The highest BCUT2D eigenvalue weighted by Crippen LogP contribution is 2.17. The average Bonchev–Trinajstić information content (AvgIpc) is 2.60. The zero-order chi connectivity index (χ0) is 18.4. The normalized spacial score (nSPS) is 12.8. The SMILES string of the molecule is C[C@H]([NH2+]CC(=O)Nc1cccc(S(=O)(=O)N(C)C)c1)c1ccccc1. The predicted molar refractivity (Wildman–Crippen MR) is 97.6 cm³/mol. The molecule has 25 heavy (non-hydrogen) atoms. The molecule has 0 spiro atoms. The number of hydrogen-bond donors (Lipinski definition) is 2. The van der Waals surface area contributed by atoms with Crippen molar-refractivity contribution in [3.63, 3.8) is 0 Å². The van der Waals surface area contributed by atoms with Crippen molar-refractivity contribution in [1.82, 2.24) is 4.31 Å². The Balaban J connectivity index is 1.97. The van der Waals surface area contributed by atoms with Crippen molar-refractivity contribution in [2.75, 3.05) is 26.0 Å². The zero-order valence-corrected chi connectivity index (χ0v) is 15.5. The lowest BCUT2D eigenvalue weighted by Gasteiger charge is -2.13. The van der Waals surface area contributed by atoms with Gasteiger partial charge in [-0.25, -0.2) is 12.7 Å². The van der Waals surface area contributed by atoms with Crippen molar-refractivity contribution in [1.29, 1.82) is 0 Å². The number of nitrogens with zero attached hydrogens (tertiary/aromatic N) is 1. The second kappa shape index (κ2) is 8.24. The fourth-order valence-corrected chi connectivity index (χ4v) is 3.28. The van der Waals surface area contributed by atoms with E-state index < -0.39 is 10.0 Å². The summed E-state index contributed by atoms with van der Waals surface area (Å²) >= 11 is 0. The molecular formula is C18H24N3O3S+. The summed E-state index contributed by atoms with van der Waals surface area (Å²) in [5.41, 5.74) is 1.61. The van der Waals surface area contributed by atoms with E-state index in [-0.39, 0.29) is 23.4 Å². The Morgan fingerprint density at radius 2 is 1.80 bits per heavy atom. The van der Waals surface area contributed by atoms with E-state index in [0.717, 1.165) is 9.87 Å². The van der Waals surface area contributed by atoms with Crippen molar-refractivity contribution >= 4 is 21.6 Å². The predicted octanol–water partition coefficient (Wildman–Crippen LogP) is 1.20. The smallest absolute Gasteiger partial charge is 0.279 e. The lowest BCUT2D eigenvalue weighted by atomic mass is 10.1. The van der Waals surface area contributed by atoms with Crippen molar-refractivity contribution in [3.05, 3.63) is 60.2 Å². The summed E-state index contributed by atoms with van der Waals surface area (Å²) in [6, 6.07) is 16.4. The van der Waals surface area contributed by atoms with Gasteiger partial charge in [-0.05, 0) is 25.1 Å². The molecule has 0 bridgehead atoms. The number of amides is 1. The molecule has 0 aliphatic carbocycles. The van der Waals surface area contributed by atoms with Crippen LogP contribution in [0.5, 0.6) is 0 Å². The minimum Gasteiger partial charge on any atom is -0.333 e. The monoisotopic (exact) mass is 362 g/mol. The minimum absolute atomic E-state index is 0.150. The number of hydrogen-bond acceptors (Lipinski definition) is 3. The van der Waals surface area contributed by atoms with Gasteiger partial charge in [0.15, 0.2) is 6.54 Å². The van der Waals surface area contributed by atoms with Crippen molar-refractivity contribution < 1.29 is 18.5 Å². The van der Waals surface area contributed by atoms with Gasteiger partial charge in [-0.3, -0.25) is 4.79 Å². The lowest BCUT2D eigenvalue weighted by molar-refractivity contribution is -0.682. The summed E-state index contributed by atoms with van der Waals surface area (Å²) in [5, 5.41) is 4.68. The van der Waals surface area contributed by atoms with E-state index in [1.807, 2.05) is 42.6 Å². The van der Waals surface area contributed by atoms with E-state index in [1.54, 1.807) is 12.1 Å². The molecule has 0 saturated heterocycles.